The molecule has 2 saturated heterocycles. The topological polar surface area (TPSA) is 74.2 Å². The molecule has 0 radical (unpaired) electrons. The van der Waals surface area contributed by atoms with E-state index in [1.807, 2.05) is 25.1 Å². The third kappa shape index (κ3) is 5.35. The first-order valence-corrected chi connectivity index (χ1v) is 12.4. The lowest BCUT2D eigenvalue weighted by atomic mass is 9.99. The predicted molar refractivity (Wildman–Crippen MR) is 119 cm³/mol. The minimum absolute atomic E-state index is 0.270. The first-order valence-electron chi connectivity index (χ1n) is 10.2. The number of ether oxygens (including phenoxy) is 1. The average molecular weight is 443 g/mol. The third-order valence-electron chi connectivity index (χ3n) is 5.80. The number of piperazine rings is 1. The van der Waals surface area contributed by atoms with E-state index in [0.29, 0.717) is 26.1 Å². The first-order chi connectivity index (χ1) is 13.8. The number of guanidine groups is 1. The summed E-state index contributed by atoms with van der Waals surface area (Å²) in [5.74, 6) is 0.785. The van der Waals surface area contributed by atoms with Gasteiger partial charge in [-0.2, -0.15) is 0 Å². The number of hydrogen-bond donors (Lipinski definition) is 1. The fourth-order valence-corrected chi connectivity index (χ4v) is 5.28. The summed E-state index contributed by atoms with van der Waals surface area (Å²) >= 11 is 6.13. The molecule has 0 amide bonds. The van der Waals surface area contributed by atoms with Crippen molar-refractivity contribution in [2.45, 2.75) is 24.5 Å². The van der Waals surface area contributed by atoms with Gasteiger partial charge < -0.3 is 19.9 Å². The molecule has 0 atom stereocenters. The van der Waals surface area contributed by atoms with Crippen molar-refractivity contribution in [1.82, 2.24) is 10.2 Å². The summed E-state index contributed by atoms with van der Waals surface area (Å²) in [6.45, 7) is 7.31. The van der Waals surface area contributed by atoms with Gasteiger partial charge in [0.15, 0.2) is 15.8 Å². The van der Waals surface area contributed by atoms with E-state index in [9.17, 15) is 8.42 Å². The maximum atomic E-state index is 12.5. The van der Waals surface area contributed by atoms with Crippen molar-refractivity contribution in [3.05, 3.63) is 29.3 Å². The lowest BCUT2D eigenvalue weighted by Crippen LogP contribution is -2.53. The second kappa shape index (κ2) is 9.53. The first kappa shape index (κ1) is 22.2. The Morgan fingerprint density at radius 2 is 1.93 bits per heavy atom. The number of benzene rings is 1. The zero-order valence-corrected chi connectivity index (χ0v) is 18.8. The summed E-state index contributed by atoms with van der Waals surface area (Å²) in [5.41, 5.74) is 1.12. The summed E-state index contributed by atoms with van der Waals surface area (Å²) in [7, 11) is -3.23. The summed E-state index contributed by atoms with van der Waals surface area (Å²) in [6, 6.07) is 7.90. The Balaban J connectivity index is 1.69. The van der Waals surface area contributed by atoms with Gasteiger partial charge in [-0.1, -0.05) is 17.7 Å². The smallest absolute Gasteiger partial charge is 0.194 e. The molecule has 2 aliphatic rings. The molecule has 1 aromatic rings. The molecule has 9 heteroatoms. The van der Waals surface area contributed by atoms with Gasteiger partial charge in [-0.15, -0.1) is 0 Å². The lowest BCUT2D eigenvalue weighted by Gasteiger charge is -2.38. The van der Waals surface area contributed by atoms with E-state index in [4.69, 9.17) is 21.3 Å². The summed E-state index contributed by atoms with van der Waals surface area (Å²) in [4.78, 5) is 9.28. The van der Waals surface area contributed by atoms with Crippen molar-refractivity contribution in [1.29, 1.82) is 0 Å². The SMILES string of the molecule is CCNC(=NCC1(S(C)(=O)=O)CCOCC1)N1CCN(c2cccc(Cl)c2)CC1. The predicted octanol–water partition coefficient (Wildman–Crippen LogP) is 2.02. The van der Waals surface area contributed by atoms with Crippen LogP contribution in [0.15, 0.2) is 29.3 Å². The molecule has 0 aromatic heterocycles. The summed E-state index contributed by atoms with van der Waals surface area (Å²) in [5, 5.41) is 4.07. The lowest BCUT2D eigenvalue weighted by molar-refractivity contribution is 0.0767. The molecule has 2 aliphatic heterocycles. The minimum Gasteiger partial charge on any atom is -0.381 e. The zero-order chi connectivity index (χ0) is 20.9. The maximum Gasteiger partial charge on any atom is 0.194 e. The molecule has 0 saturated carbocycles. The molecule has 29 heavy (non-hydrogen) atoms. The Kier molecular flexibility index (Phi) is 7.29. The van der Waals surface area contributed by atoms with E-state index in [1.54, 1.807) is 0 Å². The molecular formula is C20H31ClN4O3S. The van der Waals surface area contributed by atoms with Gasteiger partial charge in [0.05, 0.1) is 11.3 Å². The van der Waals surface area contributed by atoms with E-state index >= 15 is 0 Å². The highest BCUT2D eigenvalue weighted by Gasteiger charge is 2.42. The molecule has 162 valence electrons. The van der Waals surface area contributed by atoms with Gasteiger partial charge in [0.1, 0.15) is 0 Å². The third-order valence-corrected chi connectivity index (χ3v) is 8.14. The zero-order valence-electron chi connectivity index (χ0n) is 17.2. The van der Waals surface area contributed by atoms with Crippen LogP contribution >= 0.6 is 11.6 Å². The van der Waals surface area contributed by atoms with Gasteiger partial charge in [-0.3, -0.25) is 4.99 Å². The molecule has 0 unspecified atom stereocenters. The maximum absolute atomic E-state index is 12.5. The van der Waals surface area contributed by atoms with Crippen molar-refractivity contribution in [3.8, 4) is 0 Å². The molecule has 2 heterocycles. The van der Waals surface area contributed by atoms with Gasteiger partial charge in [0.2, 0.25) is 0 Å². The van der Waals surface area contributed by atoms with Crippen LogP contribution < -0.4 is 10.2 Å². The number of hydrogen-bond acceptors (Lipinski definition) is 5. The number of nitrogens with zero attached hydrogens (tertiary/aromatic N) is 3. The quantitative estimate of drug-likeness (QED) is 0.555. The summed E-state index contributed by atoms with van der Waals surface area (Å²) in [6.07, 6.45) is 2.32. The Hall–Kier alpha value is -1.51. The van der Waals surface area contributed by atoms with Crippen LogP contribution in [0.4, 0.5) is 5.69 Å². The van der Waals surface area contributed by atoms with Crippen LogP contribution in [0.5, 0.6) is 0 Å². The second-order valence-electron chi connectivity index (χ2n) is 7.69. The van der Waals surface area contributed by atoms with Crippen molar-refractivity contribution < 1.29 is 13.2 Å². The average Bonchev–Trinajstić information content (AvgIpc) is 2.71. The van der Waals surface area contributed by atoms with Crippen LogP contribution in [0.2, 0.25) is 5.02 Å². The van der Waals surface area contributed by atoms with Crippen LogP contribution in [-0.4, -0.2) is 82.8 Å². The van der Waals surface area contributed by atoms with E-state index in [1.165, 1.54) is 6.26 Å². The van der Waals surface area contributed by atoms with Gasteiger partial charge in [0.25, 0.3) is 0 Å². The number of sulfone groups is 1. The molecule has 2 fully saturated rings. The van der Waals surface area contributed by atoms with Gasteiger partial charge in [-0.05, 0) is 38.0 Å². The van der Waals surface area contributed by atoms with E-state index in [0.717, 1.165) is 49.4 Å². The second-order valence-corrected chi connectivity index (χ2v) is 10.5. The van der Waals surface area contributed by atoms with Gasteiger partial charge in [0, 0.05) is 62.9 Å². The van der Waals surface area contributed by atoms with Crippen molar-refractivity contribution >= 4 is 33.1 Å². The Labute approximate surface area is 179 Å². The number of halogens is 1. The van der Waals surface area contributed by atoms with Gasteiger partial charge in [-0.25, -0.2) is 8.42 Å². The Bertz CT molecular complexity index is 817. The Morgan fingerprint density at radius 1 is 1.24 bits per heavy atom. The number of nitrogens with one attached hydrogen (secondary N) is 1. The van der Waals surface area contributed by atoms with Crippen LogP contribution in [0.3, 0.4) is 0 Å². The molecule has 3 rings (SSSR count). The molecule has 0 aliphatic carbocycles. The summed E-state index contributed by atoms with van der Waals surface area (Å²) < 4.78 is 29.6. The highest BCUT2D eigenvalue weighted by atomic mass is 35.5. The highest BCUT2D eigenvalue weighted by Crippen LogP contribution is 2.30. The normalized spacial score (nSPS) is 20.6. The van der Waals surface area contributed by atoms with Crippen LogP contribution in [0.1, 0.15) is 19.8 Å². The Morgan fingerprint density at radius 3 is 2.52 bits per heavy atom. The van der Waals surface area contributed by atoms with Crippen LogP contribution in [0, 0.1) is 0 Å². The number of anilines is 1. The highest BCUT2D eigenvalue weighted by molar-refractivity contribution is 7.92. The van der Waals surface area contributed by atoms with Crippen LogP contribution in [-0.2, 0) is 14.6 Å². The largest absolute Gasteiger partial charge is 0.381 e. The molecular weight excluding hydrogens is 412 g/mol. The molecule has 0 spiro atoms. The molecule has 0 bridgehead atoms. The number of aliphatic imine (C=N–C) groups is 1. The standard InChI is InChI=1S/C20H31ClN4O3S/c1-3-22-19(23-16-20(29(2,26)27)7-13-28-14-8-20)25-11-9-24(10-12-25)18-6-4-5-17(21)15-18/h4-6,15H,3,7-14,16H2,1-2H3,(H,22,23). The van der Waals surface area contributed by atoms with Crippen LogP contribution in [0.25, 0.3) is 0 Å². The molecule has 1 aromatic carbocycles. The van der Waals surface area contributed by atoms with Crippen molar-refractivity contribution in [2.24, 2.45) is 4.99 Å². The minimum atomic E-state index is -3.23. The molecule has 1 N–H and O–H groups in total. The molecule has 7 nitrogen and oxygen atoms in total. The van der Waals surface area contributed by atoms with Gasteiger partial charge >= 0.3 is 0 Å². The monoisotopic (exact) mass is 442 g/mol. The fraction of sp³-hybridized carbons (Fsp3) is 0.650. The fourth-order valence-electron chi connectivity index (χ4n) is 3.88. The van der Waals surface area contributed by atoms with E-state index in [2.05, 4.69) is 21.2 Å². The van der Waals surface area contributed by atoms with Crippen molar-refractivity contribution in [2.75, 3.05) is 63.6 Å². The van der Waals surface area contributed by atoms with E-state index < -0.39 is 14.6 Å². The van der Waals surface area contributed by atoms with Crippen molar-refractivity contribution in [3.63, 3.8) is 0 Å². The number of rotatable bonds is 5. The van der Waals surface area contributed by atoms with E-state index in [-0.39, 0.29) is 6.54 Å².